The average Bonchev–Trinajstić information content (AvgIpc) is 2.95. The molecule has 0 unspecified atom stereocenters. The predicted molar refractivity (Wildman–Crippen MR) is 140 cm³/mol. The van der Waals surface area contributed by atoms with Crippen molar-refractivity contribution in [3.8, 4) is 17.2 Å². The summed E-state index contributed by atoms with van der Waals surface area (Å²) in [5, 5.41) is 3.21. The number of hydrogen-bond donors (Lipinski definition) is 1. The van der Waals surface area contributed by atoms with Gasteiger partial charge in [-0.1, -0.05) is 12.1 Å². The van der Waals surface area contributed by atoms with E-state index in [1.165, 1.54) is 5.56 Å². The van der Waals surface area contributed by atoms with Crippen LogP contribution in [0.4, 0.5) is 0 Å². The van der Waals surface area contributed by atoms with Crippen LogP contribution in [0.15, 0.2) is 48.5 Å². The first-order chi connectivity index (χ1) is 17.1. The summed E-state index contributed by atoms with van der Waals surface area (Å²) in [6.07, 6.45) is 4.12. The second kappa shape index (κ2) is 16.4. The lowest BCUT2D eigenvalue weighted by Crippen LogP contribution is -2.34. The van der Waals surface area contributed by atoms with Crippen LogP contribution in [0, 0.1) is 13.1 Å². The van der Waals surface area contributed by atoms with Crippen molar-refractivity contribution in [2.24, 2.45) is 0 Å². The third-order valence-electron chi connectivity index (χ3n) is 6.09. The molecule has 2 saturated heterocycles. The summed E-state index contributed by atoms with van der Waals surface area (Å²) in [5.41, 5.74) is 1.31. The van der Waals surface area contributed by atoms with Crippen LogP contribution in [0.1, 0.15) is 31.2 Å². The quantitative estimate of drug-likeness (QED) is 0.617. The van der Waals surface area contributed by atoms with Crippen molar-refractivity contribution in [2.75, 3.05) is 47.5 Å². The zero-order chi connectivity index (χ0) is 25.3. The summed E-state index contributed by atoms with van der Waals surface area (Å²) in [5.74, 6) is 2.60. The zero-order valence-corrected chi connectivity index (χ0v) is 21.2. The average molecular weight is 479 g/mol. The summed E-state index contributed by atoms with van der Waals surface area (Å²) in [4.78, 5) is 9.50. The second-order valence-electron chi connectivity index (χ2n) is 8.47. The number of nitrogens with one attached hydrogen (secondary N) is 1. The van der Waals surface area contributed by atoms with Crippen molar-refractivity contribution in [1.82, 2.24) is 10.2 Å². The van der Waals surface area contributed by atoms with E-state index in [2.05, 4.69) is 32.0 Å². The molecule has 0 radical (unpaired) electrons. The van der Waals surface area contributed by atoms with Gasteiger partial charge in [-0.25, -0.2) is 13.1 Å². The SMILES string of the molecule is COc1ccc(OC)cc1.[C-]#[N+]C1CCN(Cc2ccc(OC)cc2)CC1.[C-]#[N+]C1CCNCC1. The molecular weight excluding hydrogens is 440 g/mol. The van der Waals surface area contributed by atoms with Crippen LogP contribution in [0.2, 0.25) is 0 Å². The Morgan fingerprint density at radius 2 is 1.11 bits per heavy atom. The van der Waals surface area contributed by atoms with Crippen LogP contribution >= 0.6 is 0 Å². The van der Waals surface area contributed by atoms with Crippen molar-refractivity contribution in [3.05, 3.63) is 76.9 Å². The molecule has 0 saturated carbocycles. The molecule has 2 aliphatic heterocycles. The van der Waals surface area contributed by atoms with E-state index in [-0.39, 0.29) is 6.04 Å². The minimum atomic E-state index is 0.252. The Kier molecular flexibility index (Phi) is 13.1. The Morgan fingerprint density at radius 1 is 0.714 bits per heavy atom. The topological polar surface area (TPSA) is 51.7 Å². The van der Waals surface area contributed by atoms with Crippen LogP contribution in [0.3, 0.4) is 0 Å². The molecule has 0 bridgehead atoms. The van der Waals surface area contributed by atoms with Crippen molar-refractivity contribution in [1.29, 1.82) is 0 Å². The molecular formula is C28H38N4O3. The lowest BCUT2D eigenvalue weighted by molar-refractivity contribution is 0.215. The van der Waals surface area contributed by atoms with E-state index in [1.807, 2.05) is 36.4 Å². The summed E-state index contributed by atoms with van der Waals surface area (Å²) in [7, 11) is 4.97. The van der Waals surface area contributed by atoms with Crippen LogP contribution in [0.5, 0.6) is 17.2 Å². The van der Waals surface area contributed by atoms with Gasteiger partial charge < -0.3 is 29.2 Å². The molecule has 188 valence electrons. The molecule has 2 aromatic carbocycles. The van der Waals surface area contributed by atoms with Gasteiger partial charge in [0.15, 0.2) is 0 Å². The minimum Gasteiger partial charge on any atom is -0.497 e. The van der Waals surface area contributed by atoms with Crippen molar-refractivity contribution < 1.29 is 14.2 Å². The van der Waals surface area contributed by atoms with Crippen molar-refractivity contribution >= 4 is 0 Å². The highest BCUT2D eigenvalue weighted by atomic mass is 16.5. The molecule has 2 fully saturated rings. The zero-order valence-electron chi connectivity index (χ0n) is 21.2. The molecule has 0 aliphatic carbocycles. The van der Waals surface area contributed by atoms with Gasteiger partial charge in [0.05, 0.1) is 21.3 Å². The first kappa shape index (κ1) is 28.0. The standard InChI is InChI=1S/C14H18N2O.C8H10O2.C6H10N2/c1-15-13-7-9-16(10-8-13)11-12-3-5-14(17-2)6-4-12;1-9-7-3-5-8(10-2)6-4-7;1-7-6-2-4-8-5-3-6/h3-6,13H,7-11H2,2H3;3-6H,1-2H3;6,8H,2-5H2. The Balaban J connectivity index is 0.000000204. The number of nitrogens with zero attached hydrogens (tertiary/aromatic N) is 3. The molecule has 0 amide bonds. The first-order valence-corrected chi connectivity index (χ1v) is 12.1. The normalized spacial score (nSPS) is 16.3. The fourth-order valence-electron chi connectivity index (χ4n) is 3.84. The number of piperidine rings is 2. The molecule has 0 spiro atoms. The first-order valence-electron chi connectivity index (χ1n) is 12.1. The maximum absolute atomic E-state index is 7.02. The molecule has 1 N–H and O–H groups in total. The molecule has 2 heterocycles. The number of rotatable bonds is 5. The van der Waals surface area contributed by atoms with E-state index in [4.69, 9.17) is 27.4 Å². The lowest BCUT2D eigenvalue weighted by Gasteiger charge is -2.27. The molecule has 7 heteroatoms. The van der Waals surface area contributed by atoms with E-state index in [0.29, 0.717) is 6.04 Å². The highest BCUT2D eigenvalue weighted by Gasteiger charge is 2.22. The molecule has 2 aliphatic rings. The predicted octanol–water partition coefficient (Wildman–Crippen LogP) is 4.94. The molecule has 7 nitrogen and oxygen atoms in total. The summed E-state index contributed by atoms with van der Waals surface area (Å²) in [6, 6.07) is 16.2. The molecule has 0 atom stereocenters. The highest BCUT2D eigenvalue weighted by Crippen LogP contribution is 2.18. The maximum atomic E-state index is 7.02. The van der Waals surface area contributed by atoms with Crippen LogP contribution in [-0.2, 0) is 6.54 Å². The summed E-state index contributed by atoms with van der Waals surface area (Å²) in [6.45, 7) is 18.8. The number of methoxy groups -OCH3 is 3. The minimum absolute atomic E-state index is 0.252. The number of likely N-dealkylation sites (tertiary alicyclic amines) is 1. The van der Waals surface area contributed by atoms with Crippen LogP contribution in [0.25, 0.3) is 9.69 Å². The summed E-state index contributed by atoms with van der Waals surface area (Å²) >= 11 is 0. The highest BCUT2D eigenvalue weighted by molar-refractivity contribution is 5.31. The Hall–Kier alpha value is -3.26. The van der Waals surface area contributed by atoms with Gasteiger partial charge in [-0.3, -0.25) is 4.90 Å². The van der Waals surface area contributed by atoms with Gasteiger partial charge in [0, 0.05) is 58.4 Å². The summed E-state index contributed by atoms with van der Waals surface area (Å²) < 4.78 is 15.1. The van der Waals surface area contributed by atoms with E-state index in [0.717, 1.165) is 75.7 Å². The van der Waals surface area contributed by atoms with Gasteiger partial charge in [0.2, 0.25) is 12.1 Å². The van der Waals surface area contributed by atoms with E-state index in [1.54, 1.807) is 21.3 Å². The number of benzene rings is 2. The largest absolute Gasteiger partial charge is 0.497 e. The van der Waals surface area contributed by atoms with Gasteiger partial charge in [0.1, 0.15) is 17.2 Å². The fourth-order valence-corrected chi connectivity index (χ4v) is 3.84. The van der Waals surface area contributed by atoms with Gasteiger partial charge in [-0.15, -0.1) is 0 Å². The maximum Gasteiger partial charge on any atom is 0.226 e. The smallest absolute Gasteiger partial charge is 0.226 e. The third kappa shape index (κ3) is 10.7. The van der Waals surface area contributed by atoms with Gasteiger partial charge in [0.25, 0.3) is 0 Å². The van der Waals surface area contributed by atoms with Crippen molar-refractivity contribution in [2.45, 2.75) is 44.3 Å². The van der Waals surface area contributed by atoms with E-state index in [9.17, 15) is 0 Å². The van der Waals surface area contributed by atoms with Gasteiger partial charge in [-0.2, -0.15) is 0 Å². The van der Waals surface area contributed by atoms with Crippen LogP contribution < -0.4 is 19.5 Å². The lowest BCUT2D eigenvalue weighted by atomic mass is 10.1. The van der Waals surface area contributed by atoms with Crippen LogP contribution in [-0.4, -0.2) is 64.5 Å². The van der Waals surface area contributed by atoms with E-state index < -0.39 is 0 Å². The van der Waals surface area contributed by atoms with Gasteiger partial charge >= 0.3 is 0 Å². The fraction of sp³-hybridized carbons (Fsp3) is 0.500. The Morgan fingerprint density at radius 3 is 1.49 bits per heavy atom. The molecule has 2 aromatic rings. The van der Waals surface area contributed by atoms with E-state index >= 15 is 0 Å². The second-order valence-corrected chi connectivity index (χ2v) is 8.47. The third-order valence-corrected chi connectivity index (χ3v) is 6.09. The number of ether oxygens (including phenoxy) is 3. The Bertz CT molecular complexity index is 882. The molecule has 4 rings (SSSR count). The molecule has 35 heavy (non-hydrogen) atoms. The molecule has 0 aromatic heterocycles. The van der Waals surface area contributed by atoms with Gasteiger partial charge in [-0.05, 0) is 42.0 Å². The monoisotopic (exact) mass is 478 g/mol. The van der Waals surface area contributed by atoms with Crippen molar-refractivity contribution in [3.63, 3.8) is 0 Å². The Labute approximate surface area is 210 Å². The number of hydrogen-bond acceptors (Lipinski definition) is 5.